The molecular formula is C15H25NO3. The monoisotopic (exact) mass is 267 g/mol. The summed E-state index contributed by atoms with van der Waals surface area (Å²) in [5.74, 6) is 0.844. The first kappa shape index (κ1) is 16.0. The van der Waals surface area contributed by atoms with E-state index < -0.39 is 6.10 Å². The molecule has 0 heterocycles. The minimum Gasteiger partial charge on any atom is -0.491 e. The molecule has 2 N–H and O–H groups in total. The summed E-state index contributed by atoms with van der Waals surface area (Å²) >= 11 is 0. The molecule has 1 aromatic carbocycles. The van der Waals surface area contributed by atoms with E-state index >= 15 is 0 Å². The van der Waals surface area contributed by atoms with Crippen LogP contribution in [0, 0.1) is 6.92 Å². The van der Waals surface area contributed by atoms with Gasteiger partial charge in [0.25, 0.3) is 0 Å². The Kier molecular flexibility index (Phi) is 7.48. The molecule has 0 aliphatic rings. The number of hydrogen-bond acceptors (Lipinski definition) is 4. The Morgan fingerprint density at radius 3 is 2.47 bits per heavy atom. The molecule has 0 aromatic heterocycles. The van der Waals surface area contributed by atoms with Gasteiger partial charge >= 0.3 is 0 Å². The number of aliphatic hydroxyl groups excluding tert-OH is 1. The first-order valence-electron chi connectivity index (χ1n) is 6.76. The summed E-state index contributed by atoms with van der Waals surface area (Å²) in [6.07, 6.45) is -0.471. The van der Waals surface area contributed by atoms with Gasteiger partial charge in [0.05, 0.1) is 19.3 Å². The van der Waals surface area contributed by atoms with Crippen molar-refractivity contribution in [3.63, 3.8) is 0 Å². The molecule has 1 aromatic rings. The molecule has 0 aliphatic carbocycles. The maximum atomic E-state index is 9.62. The maximum absolute atomic E-state index is 9.62. The summed E-state index contributed by atoms with van der Waals surface area (Å²) in [5.41, 5.74) is 1.21. The zero-order valence-electron chi connectivity index (χ0n) is 12.1. The molecule has 108 valence electrons. The van der Waals surface area contributed by atoms with Crippen molar-refractivity contribution < 1.29 is 14.6 Å². The summed E-state index contributed by atoms with van der Waals surface area (Å²) in [5, 5.41) is 12.8. The third kappa shape index (κ3) is 7.82. The van der Waals surface area contributed by atoms with Crippen molar-refractivity contribution >= 4 is 0 Å². The van der Waals surface area contributed by atoms with Crippen molar-refractivity contribution in [2.24, 2.45) is 0 Å². The Balaban J connectivity index is 2.03. The Morgan fingerprint density at radius 1 is 1.16 bits per heavy atom. The second-order valence-corrected chi connectivity index (χ2v) is 4.95. The van der Waals surface area contributed by atoms with Crippen LogP contribution in [0.25, 0.3) is 0 Å². The third-order valence-corrected chi connectivity index (χ3v) is 2.59. The zero-order valence-corrected chi connectivity index (χ0v) is 12.1. The Labute approximate surface area is 115 Å². The van der Waals surface area contributed by atoms with Gasteiger partial charge in [-0.2, -0.15) is 0 Å². The van der Waals surface area contributed by atoms with Crippen LogP contribution < -0.4 is 10.1 Å². The summed E-state index contributed by atoms with van der Waals surface area (Å²) in [4.78, 5) is 0. The van der Waals surface area contributed by atoms with Gasteiger partial charge in [-0.05, 0) is 19.1 Å². The SMILES string of the molecule is Cc1ccc(OCCOCC(O)CNC(C)C)cc1. The second-order valence-electron chi connectivity index (χ2n) is 4.95. The lowest BCUT2D eigenvalue weighted by atomic mass is 10.2. The van der Waals surface area contributed by atoms with Crippen molar-refractivity contribution in [1.29, 1.82) is 0 Å². The quantitative estimate of drug-likeness (QED) is 0.669. The predicted octanol–water partition coefficient (Wildman–Crippen LogP) is 1.75. The van der Waals surface area contributed by atoms with Gasteiger partial charge in [-0.3, -0.25) is 0 Å². The lowest BCUT2D eigenvalue weighted by Crippen LogP contribution is -2.34. The molecule has 0 aliphatic heterocycles. The molecule has 1 rings (SSSR count). The molecule has 0 radical (unpaired) electrons. The minimum absolute atomic E-state index is 0.330. The zero-order chi connectivity index (χ0) is 14.1. The topological polar surface area (TPSA) is 50.7 Å². The lowest BCUT2D eigenvalue weighted by molar-refractivity contribution is 0.0244. The fourth-order valence-corrected chi connectivity index (χ4v) is 1.50. The Bertz CT molecular complexity index is 338. The minimum atomic E-state index is -0.471. The van der Waals surface area contributed by atoms with Crippen molar-refractivity contribution in [3.8, 4) is 5.75 Å². The van der Waals surface area contributed by atoms with Gasteiger partial charge < -0.3 is 19.9 Å². The number of rotatable bonds is 9. The molecule has 0 bridgehead atoms. The average molecular weight is 267 g/mol. The van der Waals surface area contributed by atoms with E-state index in [2.05, 4.69) is 5.32 Å². The van der Waals surface area contributed by atoms with E-state index in [0.29, 0.717) is 32.4 Å². The largest absolute Gasteiger partial charge is 0.491 e. The molecule has 0 saturated carbocycles. The highest BCUT2D eigenvalue weighted by atomic mass is 16.5. The van der Waals surface area contributed by atoms with Crippen LogP contribution >= 0.6 is 0 Å². The number of nitrogens with one attached hydrogen (secondary N) is 1. The average Bonchev–Trinajstić information content (AvgIpc) is 2.38. The molecule has 0 spiro atoms. The highest BCUT2D eigenvalue weighted by Crippen LogP contribution is 2.10. The van der Waals surface area contributed by atoms with Crippen molar-refractivity contribution in [2.45, 2.75) is 32.9 Å². The molecule has 4 nitrogen and oxygen atoms in total. The first-order chi connectivity index (χ1) is 9.08. The number of hydrogen-bond donors (Lipinski definition) is 2. The molecule has 4 heteroatoms. The van der Waals surface area contributed by atoms with E-state index in [9.17, 15) is 5.11 Å². The van der Waals surface area contributed by atoms with Crippen LogP contribution in [0.15, 0.2) is 24.3 Å². The number of benzene rings is 1. The highest BCUT2D eigenvalue weighted by Gasteiger charge is 2.04. The van der Waals surface area contributed by atoms with Gasteiger partial charge in [-0.15, -0.1) is 0 Å². The van der Waals surface area contributed by atoms with Crippen LogP contribution in [0.2, 0.25) is 0 Å². The molecule has 0 fully saturated rings. The molecule has 1 atom stereocenters. The van der Waals surface area contributed by atoms with Gasteiger partial charge in [0.2, 0.25) is 0 Å². The van der Waals surface area contributed by atoms with Crippen LogP contribution in [-0.2, 0) is 4.74 Å². The molecule has 0 amide bonds. The van der Waals surface area contributed by atoms with Gasteiger partial charge in [0, 0.05) is 12.6 Å². The molecule has 19 heavy (non-hydrogen) atoms. The second kappa shape index (κ2) is 8.91. The number of aliphatic hydroxyl groups is 1. The van der Waals surface area contributed by atoms with Crippen LogP contribution in [0.1, 0.15) is 19.4 Å². The summed E-state index contributed by atoms with van der Waals surface area (Å²) in [6, 6.07) is 8.28. The molecular weight excluding hydrogens is 242 g/mol. The van der Waals surface area contributed by atoms with Gasteiger partial charge in [-0.1, -0.05) is 31.5 Å². The molecule has 1 unspecified atom stereocenters. The van der Waals surface area contributed by atoms with Crippen LogP contribution in [0.4, 0.5) is 0 Å². The van der Waals surface area contributed by atoms with E-state index in [-0.39, 0.29) is 0 Å². The van der Waals surface area contributed by atoms with Crippen molar-refractivity contribution in [2.75, 3.05) is 26.4 Å². The van der Waals surface area contributed by atoms with E-state index in [1.807, 2.05) is 45.0 Å². The van der Waals surface area contributed by atoms with Gasteiger partial charge in [0.1, 0.15) is 12.4 Å². The summed E-state index contributed by atoms with van der Waals surface area (Å²) in [6.45, 7) is 7.99. The van der Waals surface area contributed by atoms with Crippen LogP contribution in [-0.4, -0.2) is 43.6 Å². The Morgan fingerprint density at radius 2 is 1.84 bits per heavy atom. The van der Waals surface area contributed by atoms with E-state index in [4.69, 9.17) is 9.47 Å². The first-order valence-corrected chi connectivity index (χ1v) is 6.76. The van der Waals surface area contributed by atoms with Gasteiger partial charge in [0.15, 0.2) is 0 Å². The standard InChI is InChI=1S/C15H25NO3/c1-12(2)16-10-14(17)11-18-8-9-19-15-6-4-13(3)5-7-15/h4-7,12,14,16-17H,8-11H2,1-3H3. The van der Waals surface area contributed by atoms with E-state index in [1.54, 1.807) is 0 Å². The molecule has 0 saturated heterocycles. The number of aryl methyl sites for hydroxylation is 1. The Hall–Kier alpha value is -1.10. The fourth-order valence-electron chi connectivity index (χ4n) is 1.50. The summed E-state index contributed by atoms with van der Waals surface area (Å²) < 4.78 is 10.9. The van der Waals surface area contributed by atoms with Crippen LogP contribution in [0.3, 0.4) is 0 Å². The van der Waals surface area contributed by atoms with Crippen LogP contribution in [0.5, 0.6) is 5.75 Å². The van der Waals surface area contributed by atoms with E-state index in [0.717, 1.165) is 5.75 Å². The highest BCUT2D eigenvalue weighted by molar-refractivity contribution is 5.26. The predicted molar refractivity (Wildman–Crippen MR) is 76.6 cm³/mol. The smallest absolute Gasteiger partial charge is 0.119 e. The van der Waals surface area contributed by atoms with Gasteiger partial charge in [-0.25, -0.2) is 0 Å². The summed E-state index contributed by atoms with van der Waals surface area (Å²) in [7, 11) is 0. The van der Waals surface area contributed by atoms with Crippen molar-refractivity contribution in [1.82, 2.24) is 5.32 Å². The fraction of sp³-hybridized carbons (Fsp3) is 0.600. The normalized spacial score (nSPS) is 12.7. The van der Waals surface area contributed by atoms with Crippen molar-refractivity contribution in [3.05, 3.63) is 29.8 Å². The van der Waals surface area contributed by atoms with E-state index in [1.165, 1.54) is 5.56 Å². The maximum Gasteiger partial charge on any atom is 0.119 e. The lowest BCUT2D eigenvalue weighted by Gasteiger charge is -2.14. The number of ether oxygens (including phenoxy) is 2. The third-order valence-electron chi connectivity index (χ3n) is 2.59.